The zero-order valence-electron chi connectivity index (χ0n) is 10.9. The van der Waals surface area contributed by atoms with Crippen molar-refractivity contribution >= 4 is 0 Å². The third kappa shape index (κ3) is 3.68. The average molecular weight is 249 g/mol. The molecule has 1 saturated heterocycles. The molecular formula is C14H23N3O. The van der Waals surface area contributed by atoms with Gasteiger partial charge in [-0.2, -0.15) is 0 Å². The van der Waals surface area contributed by atoms with Crippen LogP contribution in [-0.4, -0.2) is 45.3 Å². The van der Waals surface area contributed by atoms with Crippen LogP contribution in [0.1, 0.15) is 31.7 Å². The number of nitrogens with zero attached hydrogens (tertiary/aromatic N) is 3. The van der Waals surface area contributed by atoms with Crippen molar-refractivity contribution in [2.24, 2.45) is 0 Å². The van der Waals surface area contributed by atoms with Crippen LogP contribution in [0.4, 0.5) is 0 Å². The molecule has 100 valence electrons. The number of hydrogen-bond donors (Lipinski definition) is 1. The summed E-state index contributed by atoms with van der Waals surface area (Å²) in [5, 5.41) is 9.88. The molecule has 0 aromatic carbocycles. The molecule has 4 nitrogen and oxygen atoms in total. The number of aliphatic hydroxyl groups excluding tert-OH is 1. The van der Waals surface area contributed by atoms with Gasteiger partial charge in [0, 0.05) is 38.1 Å². The number of allylic oxidation sites excluding steroid dienone is 1. The maximum Gasteiger partial charge on any atom is 0.0948 e. The maximum atomic E-state index is 9.88. The van der Waals surface area contributed by atoms with Crippen molar-refractivity contribution in [1.82, 2.24) is 14.5 Å². The smallest absolute Gasteiger partial charge is 0.0948 e. The minimum absolute atomic E-state index is 0.215. The highest BCUT2D eigenvalue weighted by molar-refractivity contribution is 4.84. The summed E-state index contributed by atoms with van der Waals surface area (Å²) < 4.78 is 2.20. The summed E-state index contributed by atoms with van der Waals surface area (Å²) in [5.74, 6) is 0. The van der Waals surface area contributed by atoms with E-state index in [0.717, 1.165) is 45.3 Å². The van der Waals surface area contributed by atoms with E-state index >= 15 is 0 Å². The molecule has 1 aromatic heterocycles. The van der Waals surface area contributed by atoms with E-state index in [1.807, 2.05) is 24.8 Å². The number of aliphatic hydroxyl groups is 1. The second kappa shape index (κ2) is 6.71. The second-order valence-electron chi connectivity index (χ2n) is 5.06. The van der Waals surface area contributed by atoms with Gasteiger partial charge in [-0.25, -0.2) is 4.98 Å². The van der Waals surface area contributed by atoms with Crippen molar-refractivity contribution in [1.29, 1.82) is 0 Å². The molecule has 1 atom stereocenters. The Morgan fingerprint density at radius 2 is 2.22 bits per heavy atom. The number of hydrogen-bond acceptors (Lipinski definition) is 3. The Balaban J connectivity index is 1.71. The molecule has 2 rings (SSSR count). The number of aromatic nitrogens is 2. The van der Waals surface area contributed by atoms with Crippen LogP contribution in [-0.2, 0) is 0 Å². The SMILES string of the molecule is C=CCCC(O)CN1CCC(n2ccnc2)CC1. The molecule has 0 amide bonds. The fourth-order valence-electron chi connectivity index (χ4n) is 2.59. The lowest BCUT2D eigenvalue weighted by molar-refractivity contribution is 0.0857. The van der Waals surface area contributed by atoms with Crippen molar-refractivity contribution in [3.8, 4) is 0 Å². The highest BCUT2D eigenvalue weighted by atomic mass is 16.3. The van der Waals surface area contributed by atoms with E-state index in [2.05, 4.69) is 21.0 Å². The quantitative estimate of drug-likeness (QED) is 0.782. The molecular weight excluding hydrogens is 226 g/mol. The van der Waals surface area contributed by atoms with E-state index in [1.165, 1.54) is 0 Å². The van der Waals surface area contributed by atoms with Crippen LogP contribution in [0.2, 0.25) is 0 Å². The minimum atomic E-state index is -0.215. The van der Waals surface area contributed by atoms with Crippen LogP contribution in [0.5, 0.6) is 0 Å². The van der Waals surface area contributed by atoms with Crippen LogP contribution < -0.4 is 0 Å². The number of β-amino-alcohol motifs (C(OH)–C–C–N with tert-alkyl or cyclic N) is 1. The Morgan fingerprint density at radius 1 is 1.44 bits per heavy atom. The molecule has 1 N–H and O–H groups in total. The molecule has 0 aliphatic carbocycles. The molecule has 4 heteroatoms. The Kier molecular flexibility index (Phi) is 4.96. The number of piperidine rings is 1. The highest BCUT2D eigenvalue weighted by Crippen LogP contribution is 2.22. The standard InChI is InChI=1S/C14H23N3O/c1-2-3-4-14(18)11-16-8-5-13(6-9-16)17-10-7-15-12-17/h2,7,10,12-14,18H,1,3-6,8-9,11H2. The van der Waals surface area contributed by atoms with Gasteiger partial charge in [-0.1, -0.05) is 6.08 Å². The van der Waals surface area contributed by atoms with Gasteiger partial charge in [0.2, 0.25) is 0 Å². The summed E-state index contributed by atoms with van der Waals surface area (Å²) >= 11 is 0. The first-order valence-corrected chi connectivity index (χ1v) is 6.78. The monoisotopic (exact) mass is 249 g/mol. The van der Waals surface area contributed by atoms with E-state index in [-0.39, 0.29) is 6.10 Å². The van der Waals surface area contributed by atoms with Gasteiger partial charge in [0.1, 0.15) is 0 Å². The Hall–Kier alpha value is -1.13. The second-order valence-corrected chi connectivity index (χ2v) is 5.06. The lowest BCUT2D eigenvalue weighted by Crippen LogP contribution is -2.39. The van der Waals surface area contributed by atoms with E-state index < -0.39 is 0 Å². The predicted octanol–water partition coefficient (Wildman–Crippen LogP) is 1.85. The van der Waals surface area contributed by atoms with Crippen molar-refractivity contribution < 1.29 is 5.11 Å². The van der Waals surface area contributed by atoms with Gasteiger partial charge in [0.15, 0.2) is 0 Å². The molecule has 2 heterocycles. The third-order valence-electron chi connectivity index (χ3n) is 3.68. The number of likely N-dealkylation sites (tertiary alicyclic amines) is 1. The van der Waals surface area contributed by atoms with Crippen molar-refractivity contribution in [3.05, 3.63) is 31.4 Å². The molecule has 1 aromatic rings. The Morgan fingerprint density at radius 3 is 2.83 bits per heavy atom. The number of imidazole rings is 1. The fraction of sp³-hybridized carbons (Fsp3) is 0.643. The topological polar surface area (TPSA) is 41.3 Å². The Labute approximate surface area is 109 Å². The van der Waals surface area contributed by atoms with E-state index in [0.29, 0.717) is 6.04 Å². The van der Waals surface area contributed by atoms with Crippen LogP contribution in [0.25, 0.3) is 0 Å². The summed E-state index contributed by atoms with van der Waals surface area (Å²) in [5.41, 5.74) is 0. The van der Waals surface area contributed by atoms with Gasteiger partial charge < -0.3 is 14.6 Å². The summed E-state index contributed by atoms with van der Waals surface area (Å²) in [6.45, 7) is 6.61. The molecule has 18 heavy (non-hydrogen) atoms. The van der Waals surface area contributed by atoms with E-state index in [9.17, 15) is 5.11 Å². The summed E-state index contributed by atoms with van der Waals surface area (Å²) in [7, 11) is 0. The molecule has 0 radical (unpaired) electrons. The summed E-state index contributed by atoms with van der Waals surface area (Å²) in [6.07, 6.45) is 11.4. The molecule has 1 aliphatic rings. The zero-order chi connectivity index (χ0) is 12.8. The van der Waals surface area contributed by atoms with Crippen LogP contribution in [0.15, 0.2) is 31.4 Å². The molecule has 0 spiro atoms. The van der Waals surface area contributed by atoms with Crippen molar-refractivity contribution in [2.75, 3.05) is 19.6 Å². The lowest BCUT2D eigenvalue weighted by Gasteiger charge is -2.33. The summed E-state index contributed by atoms with van der Waals surface area (Å²) in [6, 6.07) is 0.578. The normalized spacial score (nSPS) is 19.8. The van der Waals surface area contributed by atoms with Gasteiger partial charge >= 0.3 is 0 Å². The first-order chi connectivity index (χ1) is 8.79. The number of rotatable bonds is 6. The molecule has 0 bridgehead atoms. The van der Waals surface area contributed by atoms with Gasteiger partial charge in [-0.3, -0.25) is 0 Å². The molecule has 1 unspecified atom stereocenters. The predicted molar refractivity (Wildman–Crippen MR) is 72.4 cm³/mol. The lowest BCUT2D eigenvalue weighted by atomic mass is 10.0. The van der Waals surface area contributed by atoms with E-state index in [1.54, 1.807) is 0 Å². The molecule has 1 aliphatic heterocycles. The minimum Gasteiger partial charge on any atom is -0.392 e. The Bertz CT molecular complexity index is 342. The first-order valence-electron chi connectivity index (χ1n) is 6.78. The average Bonchev–Trinajstić information content (AvgIpc) is 2.91. The van der Waals surface area contributed by atoms with Crippen molar-refractivity contribution in [2.45, 2.75) is 37.8 Å². The summed E-state index contributed by atoms with van der Waals surface area (Å²) in [4.78, 5) is 6.46. The first kappa shape index (κ1) is 13.3. The van der Waals surface area contributed by atoms with Crippen LogP contribution >= 0.6 is 0 Å². The van der Waals surface area contributed by atoms with E-state index in [4.69, 9.17) is 0 Å². The van der Waals surface area contributed by atoms with Gasteiger partial charge in [-0.05, 0) is 25.7 Å². The molecule has 1 fully saturated rings. The van der Waals surface area contributed by atoms with Gasteiger partial charge in [0.25, 0.3) is 0 Å². The van der Waals surface area contributed by atoms with Gasteiger partial charge in [0.05, 0.1) is 12.4 Å². The van der Waals surface area contributed by atoms with Crippen molar-refractivity contribution in [3.63, 3.8) is 0 Å². The highest BCUT2D eigenvalue weighted by Gasteiger charge is 2.21. The fourth-order valence-corrected chi connectivity index (χ4v) is 2.59. The maximum absolute atomic E-state index is 9.88. The van der Waals surface area contributed by atoms with Gasteiger partial charge in [-0.15, -0.1) is 6.58 Å². The van der Waals surface area contributed by atoms with Crippen LogP contribution in [0.3, 0.4) is 0 Å². The third-order valence-corrected chi connectivity index (χ3v) is 3.68. The molecule has 0 saturated carbocycles. The zero-order valence-corrected chi connectivity index (χ0v) is 10.9. The van der Waals surface area contributed by atoms with Crippen LogP contribution in [0, 0.1) is 0 Å². The largest absolute Gasteiger partial charge is 0.392 e.